The first kappa shape index (κ1) is 18.2. The van der Waals surface area contributed by atoms with E-state index < -0.39 is 5.60 Å². The van der Waals surface area contributed by atoms with Gasteiger partial charge in [-0.1, -0.05) is 30.3 Å². The van der Waals surface area contributed by atoms with E-state index in [0.29, 0.717) is 23.8 Å². The number of likely N-dealkylation sites (tertiary alicyclic amines) is 1. The summed E-state index contributed by atoms with van der Waals surface area (Å²) in [6.45, 7) is 3.86. The molecule has 5 heteroatoms. The van der Waals surface area contributed by atoms with Crippen molar-refractivity contribution < 1.29 is 9.90 Å². The summed E-state index contributed by atoms with van der Waals surface area (Å²) in [7, 11) is 0. The van der Waals surface area contributed by atoms with E-state index in [2.05, 4.69) is 45.4 Å². The fraction of sp³-hybridized carbons (Fsp3) is 0.708. The molecule has 2 N–H and O–H groups in total. The molecule has 7 rings (SSSR count). The standard InChI is InChI=1S/C24H33N3O2/c28-22-25-23(7-4-8-26(15-23)14-17-5-2-1-3-6-17)16-27(22)21-19-9-18-10-20(21)13-24(29,11-18)12-19/h1-3,5-6,18-21,29H,4,7-16H2,(H,25,28). The molecule has 3 atom stereocenters. The minimum absolute atomic E-state index is 0.102. The first-order chi connectivity index (χ1) is 14.0. The first-order valence-electron chi connectivity index (χ1n) is 11.6. The van der Waals surface area contributed by atoms with Crippen molar-refractivity contribution in [3.05, 3.63) is 35.9 Å². The number of hydrogen-bond donors (Lipinski definition) is 2. The third-order valence-corrected chi connectivity index (χ3v) is 8.56. The molecule has 2 aliphatic heterocycles. The summed E-state index contributed by atoms with van der Waals surface area (Å²) in [4.78, 5) is 17.9. The molecule has 1 spiro atoms. The van der Waals surface area contributed by atoms with Crippen LogP contribution in [0.2, 0.25) is 0 Å². The van der Waals surface area contributed by atoms with Crippen LogP contribution in [0, 0.1) is 17.8 Å². The van der Waals surface area contributed by atoms with E-state index in [1.165, 1.54) is 18.4 Å². The van der Waals surface area contributed by atoms with Crippen molar-refractivity contribution in [1.82, 2.24) is 15.1 Å². The Hall–Kier alpha value is -1.59. The third kappa shape index (κ3) is 3.09. The maximum absolute atomic E-state index is 13.1. The summed E-state index contributed by atoms with van der Waals surface area (Å²) in [5.74, 6) is 1.68. The van der Waals surface area contributed by atoms with Gasteiger partial charge in [0.1, 0.15) is 0 Å². The van der Waals surface area contributed by atoms with Gasteiger partial charge in [-0.05, 0) is 74.8 Å². The molecule has 156 valence electrons. The molecule has 2 amide bonds. The van der Waals surface area contributed by atoms with E-state index in [1.807, 2.05) is 0 Å². The van der Waals surface area contributed by atoms with Gasteiger partial charge < -0.3 is 15.3 Å². The zero-order valence-electron chi connectivity index (χ0n) is 17.2. The van der Waals surface area contributed by atoms with Gasteiger partial charge in [0.15, 0.2) is 0 Å². The van der Waals surface area contributed by atoms with Crippen molar-refractivity contribution in [1.29, 1.82) is 0 Å². The molecule has 0 radical (unpaired) electrons. The van der Waals surface area contributed by atoms with E-state index >= 15 is 0 Å². The first-order valence-corrected chi connectivity index (χ1v) is 11.6. The van der Waals surface area contributed by atoms with E-state index in [9.17, 15) is 9.90 Å². The quantitative estimate of drug-likeness (QED) is 0.827. The van der Waals surface area contributed by atoms with Crippen molar-refractivity contribution in [3.8, 4) is 0 Å². The van der Waals surface area contributed by atoms with Crippen LogP contribution in [0.1, 0.15) is 50.5 Å². The molecule has 4 aliphatic carbocycles. The average Bonchev–Trinajstić information content (AvgIpc) is 2.96. The Balaban J connectivity index is 1.18. The minimum Gasteiger partial charge on any atom is -0.390 e. The van der Waals surface area contributed by atoms with Crippen LogP contribution in [0.3, 0.4) is 0 Å². The number of rotatable bonds is 3. The SMILES string of the molecule is O=C1NC2(CCCN(Cc3ccccc3)C2)CN1C1C2CC3CC1CC(O)(C3)C2. The van der Waals surface area contributed by atoms with Gasteiger partial charge >= 0.3 is 6.03 Å². The molecule has 6 fully saturated rings. The Labute approximate surface area is 173 Å². The number of hydrogen-bond acceptors (Lipinski definition) is 3. The van der Waals surface area contributed by atoms with E-state index in [0.717, 1.165) is 58.3 Å². The number of benzene rings is 1. The second-order valence-corrected chi connectivity index (χ2v) is 10.8. The molecule has 5 nitrogen and oxygen atoms in total. The van der Waals surface area contributed by atoms with Gasteiger partial charge in [0.25, 0.3) is 0 Å². The number of nitrogens with one attached hydrogen (secondary N) is 1. The molecule has 6 aliphatic rings. The fourth-order valence-electron chi connectivity index (χ4n) is 7.88. The van der Waals surface area contributed by atoms with Crippen LogP contribution in [0.4, 0.5) is 4.79 Å². The Morgan fingerprint density at radius 1 is 1.07 bits per heavy atom. The fourth-order valence-corrected chi connectivity index (χ4v) is 7.88. The van der Waals surface area contributed by atoms with Crippen LogP contribution in [-0.4, -0.2) is 57.8 Å². The van der Waals surface area contributed by atoms with Crippen molar-refractivity contribution in [2.75, 3.05) is 19.6 Å². The predicted octanol–water partition coefficient (Wildman–Crippen LogP) is 2.99. The highest BCUT2D eigenvalue weighted by molar-refractivity contribution is 5.78. The lowest BCUT2D eigenvalue weighted by molar-refractivity contribution is -0.153. The molecule has 29 heavy (non-hydrogen) atoms. The van der Waals surface area contributed by atoms with Crippen molar-refractivity contribution in [3.63, 3.8) is 0 Å². The Morgan fingerprint density at radius 2 is 1.83 bits per heavy atom. The molecule has 1 aromatic carbocycles. The summed E-state index contributed by atoms with van der Waals surface area (Å²) in [6.07, 6.45) is 7.44. The monoisotopic (exact) mass is 395 g/mol. The zero-order chi connectivity index (χ0) is 19.6. The summed E-state index contributed by atoms with van der Waals surface area (Å²) >= 11 is 0. The number of piperidine rings is 1. The third-order valence-electron chi connectivity index (χ3n) is 8.56. The van der Waals surface area contributed by atoms with Crippen LogP contribution in [0.15, 0.2) is 30.3 Å². The molecule has 1 aromatic rings. The highest BCUT2D eigenvalue weighted by atomic mass is 16.3. The minimum atomic E-state index is -0.432. The smallest absolute Gasteiger partial charge is 0.318 e. The number of carbonyl (C=O) groups excluding carboxylic acids is 1. The van der Waals surface area contributed by atoms with Gasteiger partial charge in [0.05, 0.1) is 11.1 Å². The van der Waals surface area contributed by atoms with Gasteiger partial charge in [0, 0.05) is 25.7 Å². The Bertz CT molecular complexity index is 783. The second-order valence-electron chi connectivity index (χ2n) is 10.8. The predicted molar refractivity (Wildman–Crippen MR) is 111 cm³/mol. The summed E-state index contributed by atoms with van der Waals surface area (Å²) in [5.41, 5.74) is 0.813. The molecular weight excluding hydrogens is 362 g/mol. The van der Waals surface area contributed by atoms with Crippen LogP contribution < -0.4 is 5.32 Å². The molecule has 4 bridgehead atoms. The number of urea groups is 1. The lowest BCUT2D eigenvalue weighted by Crippen LogP contribution is -2.62. The second kappa shape index (κ2) is 6.45. The van der Waals surface area contributed by atoms with Gasteiger partial charge in [-0.25, -0.2) is 4.79 Å². The van der Waals surface area contributed by atoms with Gasteiger partial charge in [0.2, 0.25) is 0 Å². The van der Waals surface area contributed by atoms with Gasteiger partial charge in [-0.2, -0.15) is 0 Å². The molecule has 2 saturated heterocycles. The number of aliphatic hydroxyl groups is 1. The van der Waals surface area contributed by atoms with Crippen molar-refractivity contribution in [2.45, 2.75) is 68.7 Å². The van der Waals surface area contributed by atoms with Crippen LogP contribution >= 0.6 is 0 Å². The number of nitrogens with zero attached hydrogens (tertiary/aromatic N) is 2. The van der Waals surface area contributed by atoms with Crippen LogP contribution in [-0.2, 0) is 6.54 Å². The lowest BCUT2D eigenvalue weighted by atomic mass is 9.52. The lowest BCUT2D eigenvalue weighted by Gasteiger charge is -2.59. The molecule has 3 unspecified atom stereocenters. The van der Waals surface area contributed by atoms with E-state index in [-0.39, 0.29) is 11.6 Å². The topological polar surface area (TPSA) is 55.8 Å². The van der Waals surface area contributed by atoms with E-state index in [1.54, 1.807) is 0 Å². The van der Waals surface area contributed by atoms with Crippen molar-refractivity contribution in [2.24, 2.45) is 17.8 Å². The van der Waals surface area contributed by atoms with Gasteiger partial charge in [-0.15, -0.1) is 0 Å². The Kier molecular flexibility index (Phi) is 4.05. The average molecular weight is 396 g/mol. The molecule has 0 aromatic heterocycles. The maximum atomic E-state index is 13.1. The summed E-state index contributed by atoms with van der Waals surface area (Å²) in [5, 5.41) is 14.4. The highest BCUT2D eigenvalue weighted by Gasteiger charge is 2.59. The maximum Gasteiger partial charge on any atom is 0.318 e. The largest absolute Gasteiger partial charge is 0.390 e. The highest BCUT2D eigenvalue weighted by Crippen LogP contribution is 2.57. The summed E-state index contributed by atoms with van der Waals surface area (Å²) in [6, 6.07) is 11.2. The normalized spacial score (nSPS) is 43.9. The molecule has 2 heterocycles. The summed E-state index contributed by atoms with van der Waals surface area (Å²) < 4.78 is 0. The van der Waals surface area contributed by atoms with Crippen LogP contribution in [0.25, 0.3) is 0 Å². The van der Waals surface area contributed by atoms with Gasteiger partial charge in [-0.3, -0.25) is 4.90 Å². The Morgan fingerprint density at radius 3 is 2.55 bits per heavy atom. The van der Waals surface area contributed by atoms with Crippen molar-refractivity contribution >= 4 is 6.03 Å². The zero-order valence-corrected chi connectivity index (χ0v) is 17.2. The molecular formula is C24H33N3O2. The van der Waals surface area contributed by atoms with Crippen LogP contribution in [0.5, 0.6) is 0 Å². The number of carbonyl (C=O) groups is 1. The molecule has 4 saturated carbocycles. The number of amides is 2. The van der Waals surface area contributed by atoms with E-state index in [4.69, 9.17) is 0 Å².